The summed E-state index contributed by atoms with van der Waals surface area (Å²) in [5.41, 5.74) is -13.0. The first kappa shape index (κ1) is 25.1. The minimum Gasteiger partial charge on any atom is -0.462 e. The van der Waals surface area contributed by atoms with E-state index in [4.69, 9.17) is 0 Å². The van der Waals surface area contributed by atoms with E-state index >= 15 is 4.39 Å². The molecular formula is C17H13F11O3. The summed E-state index contributed by atoms with van der Waals surface area (Å²) >= 11 is 0. The van der Waals surface area contributed by atoms with Gasteiger partial charge in [-0.3, -0.25) is 0 Å². The number of hydrogen-bond donors (Lipinski definition) is 1. The van der Waals surface area contributed by atoms with Crippen LogP contribution < -0.4 is 0 Å². The first-order valence-electron chi connectivity index (χ1n) is 8.28. The number of alkyl halides is 11. The number of hydrogen-bond acceptors (Lipinski definition) is 3. The highest BCUT2D eigenvalue weighted by molar-refractivity contribution is 5.89. The van der Waals surface area contributed by atoms with Crippen molar-refractivity contribution in [1.29, 1.82) is 0 Å². The number of carbonyl (C=O) groups excluding carboxylic acids is 1. The molecule has 14 heteroatoms. The Morgan fingerprint density at radius 3 is 1.52 bits per heavy atom. The monoisotopic (exact) mass is 474 g/mol. The lowest BCUT2D eigenvalue weighted by Gasteiger charge is -2.56. The van der Waals surface area contributed by atoms with Gasteiger partial charge in [-0.05, 0) is 31.5 Å². The molecule has 1 unspecified atom stereocenters. The molecule has 0 heterocycles. The number of esters is 1. The first-order chi connectivity index (χ1) is 13.7. The third kappa shape index (κ3) is 2.65. The molecule has 0 amide bonds. The number of rotatable bonds is 4. The maximum Gasteiger partial charge on any atom is 0.384 e. The van der Waals surface area contributed by atoms with Gasteiger partial charge in [-0.25, -0.2) is 9.18 Å². The average Bonchev–Trinajstić information content (AvgIpc) is 2.65. The van der Waals surface area contributed by atoms with Crippen LogP contribution in [0, 0.1) is 0 Å². The Morgan fingerprint density at radius 1 is 0.806 bits per heavy atom. The highest BCUT2D eigenvalue weighted by atomic mass is 19.4. The molecule has 0 bridgehead atoms. The molecule has 1 atom stereocenters. The predicted octanol–water partition coefficient (Wildman–Crippen LogP) is 4.97. The summed E-state index contributed by atoms with van der Waals surface area (Å²) in [5.74, 6) is -37.5. The molecule has 0 aliphatic heterocycles. The lowest BCUT2D eigenvalue weighted by molar-refractivity contribution is -0.502. The quantitative estimate of drug-likeness (QED) is 0.496. The van der Waals surface area contributed by atoms with Gasteiger partial charge in [0.25, 0.3) is 5.67 Å². The molecule has 0 aromatic heterocycles. The van der Waals surface area contributed by atoms with Crippen LogP contribution in [0.1, 0.15) is 29.8 Å². The number of aliphatic hydroxyl groups is 1. The van der Waals surface area contributed by atoms with E-state index < -0.39 is 58.0 Å². The van der Waals surface area contributed by atoms with E-state index in [1.165, 1.54) is 6.92 Å². The molecular weight excluding hydrogens is 461 g/mol. The molecule has 1 aliphatic carbocycles. The van der Waals surface area contributed by atoms with Gasteiger partial charge < -0.3 is 9.84 Å². The van der Waals surface area contributed by atoms with Crippen molar-refractivity contribution in [3.8, 4) is 0 Å². The summed E-state index contributed by atoms with van der Waals surface area (Å²) in [7, 11) is 0. The summed E-state index contributed by atoms with van der Waals surface area (Å²) in [4.78, 5) is 11.5. The summed E-state index contributed by atoms with van der Waals surface area (Å²) in [6.07, 6.45) is 0. The molecule has 0 radical (unpaired) electrons. The Hall–Kier alpha value is -2.12. The van der Waals surface area contributed by atoms with Crippen LogP contribution in [-0.4, -0.2) is 53.0 Å². The first-order valence-corrected chi connectivity index (χ1v) is 8.28. The van der Waals surface area contributed by atoms with E-state index in [9.17, 15) is 53.8 Å². The van der Waals surface area contributed by atoms with Crippen LogP contribution in [0.25, 0.3) is 0 Å². The van der Waals surface area contributed by atoms with E-state index in [0.29, 0.717) is 24.3 Å². The Morgan fingerprint density at radius 2 is 1.16 bits per heavy atom. The topological polar surface area (TPSA) is 46.5 Å². The second kappa shape index (κ2) is 6.69. The zero-order valence-electron chi connectivity index (χ0n) is 15.4. The van der Waals surface area contributed by atoms with Crippen LogP contribution in [0.4, 0.5) is 48.3 Å². The molecule has 1 aromatic carbocycles. The molecule has 0 saturated heterocycles. The van der Waals surface area contributed by atoms with Gasteiger partial charge in [0.1, 0.15) is 5.60 Å². The van der Waals surface area contributed by atoms with Crippen LogP contribution in [0.2, 0.25) is 0 Å². The zero-order chi connectivity index (χ0) is 24.5. The van der Waals surface area contributed by atoms with Crippen LogP contribution in [-0.2, 0) is 10.3 Å². The van der Waals surface area contributed by atoms with E-state index in [-0.39, 0.29) is 13.5 Å². The molecule has 31 heavy (non-hydrogen) atoms. The predicted molar refractivity (Wildman–Crippen MR) is 80.5 cm³/mol. The fourth-order valence-electron chi connectivity index (χ4n) is 3.18. The molecule has 1 N–H and O–H groups in total. The van der Waals surface area contributed by atoms with Gasteiger partial charge in [0.05, 0.1) is 12.2 Å². The van der Waals surface area contributed by atoms with Crippen molar-refractivity contribution in [2.45, 2.75) is 54.7 Å². The lowest BCUT2D eigenvalue weighted by atomic mass is 9.63. The third-order valence-electron chi connectivity index (χ3n) is 5.07. The van der Waals surface area contributed by atoms with E-state index in [1.807, 2.05) is 0 Å². The number of carbonyl (C=O) groups is 1. The van der Waals surface area contributed by atoms with Crippen LogP contribution in [0.3, 0.4) is 0 Å². The number of benzene rings is 1. The SMILES string of the molecule is CCOC(=O)c1ccc(C(C)(O)C2(F)C(F)(F)C(F)(F)C(F)(F)C(F)(F)C2(F)F)cc1. The Balaban J connectivity index is 2.77. The largest absolute Gasteiger partial charge is 0.462 e. The van der Waals surface area contributed by atoms with Gasteiger partial charge in [-0.1, -0.05) is 12.1 Å². The average molecular weight is 474 g/mol. The fraction of sp³-hybridized carbons (Fsp3) is 0.588. The Bertz CT molecular complexity index is 833. The van der Waals surface area contributed by atoms with Gasteiger partial charge >= 0.3 is 35.6 Å². The molecule has 3 nitrogen and oxygen atoms in total. The smallest absolute Gasteiger partial charge is 0.384 e. The van der Waals surface area contributed by atoms with E-state index in [1.54, 1.807) is 0 Å². The van der Waals surface area contributed by atoms with Crippen LogP contribution >= 0.6 is 0 Å². The van der Waals surface area contributed by atoms with Gasteiger partial charge in [0, 0.05) is 0 Å². The van der Waals surface area contributed by atoms with Crippen LogP contribution in [0.5, 0.6) is 0 Å². The minimum atomic E-state index is -7.38. The zero-order valence-corrected chi connectivity index (χ0v) is 15.4. The van der Waals surface area contributed by atoms with Crippen molar-refractivity contribution in [1.82, 2.24) is 0 Å². The number of ether oxygens (including phenoxy) is 1. The summed E-state index contributed by atoms with van der Waals surface area (Å²) < 4.78 is 158. The highest BCUT2D eigenvalue weighted by Crippen LogP contribution is 2.72. The van der Waals surface area contributed by atoms with Crippen molar-refractivity contribution < 1.29 is 62.9 Å². The molecule has 2 rings (SSSR count). The molecule has 1 saturated carbocycles. The third-order valence-corrected chi connectivity index (χ3v) is 5.07. The van der Waals surface area contributed by atoms with Crippen molar-refractivity contribution in [3.05, 3.63) is 35.4 Å². The highest BCUT2D eigenvalue weighted by Gasteiger charge is 3.03. The van der Waals surface area contributed by atoms with Gasteiger partial charge in [-0.2, -0.15) is 43.9 Å². The lowest BCUT2D eigenvalue weighted by Crippen LogP contribution is -2.87. The van der Waals surface area contributed by atoms with Gasteiger partial charge in [0.2, 0.25) is 0 Å². The van der Waals surface area contributed by atoms with E-state index in [2.05, 4.69) is 4.74 Å². The van der Waals surface area contributed by atoms with Crippen molar-refractivity contribution in [2.75, 3.05) is 6.61 Å². The summed E-state index contributed by atoms with van der Waals surface area (Å²) in [5, 5.41) is 10.1. The second-order valence-corrected chi connectivity index (χ2v) is 6.90. The minimum absolute atomic E-state index is 0.150. The van der Waals surface area contributed by atoms with E-state index in [0.717, 1.165) is 0 Å². The summed E-state index contributed by atoms with van der Waals surface area (Å²) in [6, 6.07) is 1.80. The molecule has 1 aromatic rings. The Kier molecular flexibility index (Phi) is 5.42. The van der Waals surface area contributed by atoms with Gasteiger partial charge in [0.15, 0.2) is 0 Å². The summed E-state index contributed by atoms with van der Waals surface area (Å²) in [6.45, 7) is 0.944. The van der Waals surface area contributed by atoms with Crippen molar-refractivity contribution in [2.24, 2.45) is 0 Å². The molecule has 0 spiro atoms. The van der Waals surface area contributed by atoms with Gasteiger partial charge in [-0.15, -0.1) is 0 Å². The standard InChI is InChI=1S/C17H13F11O3/c1-3-31-10(29)8-4-6-9(7-5-8)11(2,30)12(18)13(19,20)15(23,24)17(27,28)16(25,26)14(12,21)22/h4-7,30H,3H2,1-2H3. The molecule has 1 aliphatic rings. The maximum absolute atomic E-state index is 15.2. The van der Waals surface area contributed by atoms with Crippen molar-refractivity contribution >= 4 is 5.97 Å². The molecule has 176 valence electrons. The van der Waals surface area contributed by atoms with Crippen molar-refractivity contribution in [3.63, 3.8) is 0 Å². The normalized spacial score (nSPS) is 26.5. The molecule has 1 fully saturated rings. The maximum atomic E-state index is 15.2. The van der Waals surface area contributed by atoms with Crippen LogP contribution in [0.15, 0.2) is 24.3 Å². The second-order valence-electron chi connectivity index (χ2n) is 6.90. The number of halogens is 11. The fourth-order valence-corrected chi connectivity index (χ4v) is 3.18. The Labute approximate surface area is 166 Å².